The van der Waals surface area contributed by atoms with E-state index in [4.69, 9.17) is 0 Å². The summed E-state index contributed by atoms with van der Waals surface area (Å²) >= 11 is 0. The topological polar surface area (TPSA) is 20.3 Å². The Labute approximate surface area is 56.9 Å². The molecule has 0 heterocycles. The second-order valence-corrected chi connectivity index (χ2v) is 2.31. The summed E-state index contributed by atoms with van der Waals surface area (Å²) in [6.45, 7) is 3.67. The monoisotopic (exact) mass is 128 g/mol. The Morgan fingerprint density at radius 3 is 2.33 bits per heavy atom. The average Bonchev–Trinajstić information content (AvgIpc) is 1.82. The fourth-order valence-corrected chi connectivity index (χ4v) is 0.657. The van der Waals surface area contributed by atoms with Crippen molar-refractivity contribution in [3.63, 3.8) is 0 Å². The van der Waals surface area contributed by atoms with Crippen LogP contribution in [0.3, 0.4) is 0 Å². The first-order valence-electron chi connectivity index (χ1n) is 3.13. The number of carbonyl (C=O) groups is 1. The van der Waals surface area contributed by atoms with Gasteiger partial charge in [0.15, 0.2) is 0 Å². The molecule has 1 unspecified atom stereocenters. The lowest BCUT2D eigenvalue weighted by atomic mass is 10.2. The highest BCUT2D eigenvalue weighted by Crippen LogP contribution is 1.97. The molecule has 0 N–H and O–H groups in total. The van der Waals surface area contributed by atoms with Crippen molar-refractivity contribution in [2.45, 2.75) is 18.9 Å². The minimum absolute atomic E-state index is 0.0579. The molecule has 0 amide bonds. The second kappa shape index (κ2) is 4.50. The van der Waals surface area contributed by atoms with E-state index in [1.54, 1.807) is 0 Å². The van der Waals surface area contributed by atoms with Gasteiger partial charge in [0.05, 0.1) is 6.04 Å². The molecule has 0 bridgehead atoms. The molecule has 2 heteroatoms. The molecule has 0 saturated carbocycles. The number of hydrogen-bond acceptors (Lipinski definition) is 2. The van der Waals surface area contributed by atoms with E-state index in [9.17, 15) is 4.79 Å². The van der Waals surface area contributed by atoms with Crippen LogP contribution in [0.15, 0.2) is 0 Å². The van der Waals surface area contributed by atoms with E-state index in [0.29, 0.717) is 0 Å². The van der Waals surface area contributed by atoms with E-state index >= 15 is 0 Å². The van der Waals surface area contributed by atoms with E-state index in [2.05, 4.69) is 6.92 Å². The Kier molecular flexibility index (Phi) is 4.32. The highest BCUT2D eigenvalue weighted by molar-refractivity contribution is 5.57. The minimum Gasteiger partial charge on any atom is -0.302 e. The Morgan fingerprint density at radius 1 is 1.67 bits per heavy atom. The molecular formula is C7H14NO. The molecule has 0 aliphatic rings. The summed E-state index contributed by atoms with van der Waals surface area (Å²) in [7, 11) is 3.80. The average molecular weight is 128 g/mol. The van der Waals surface area contributed by atoms with E-state index in [0.717, 1.165) is 19.1 Å². The third kappa shape index (κ3) is 3.25. The molecule has 0 rings (SSSR count). The summed E-state index contributed by atoms with van der Waals surface area (Å²) in [6.07, 6.45) is 2.64. The van der Waals surface area contributed by atoms with Crippen LogP contribution < -0.4 is 0 Å². The first-order chi connectivity index (χ1) is 4.22. The van der Waals surface area contributed by atoms with E-state index in [-0.39, 0.29) is 6.04 Å². The molecule has 0 aliphatic carbocycles. The number of nitrogens with zero attached hydrogens (tertiary/aromatic N) is 1. The minimum atomic E-state index is 0.0579. The van der Waals surface area contributed by atoms with Gasteiger partial charge in [-0.05, 0) is 20.5 Å². The van der Waals surface area contributed by atoms with Crippen molar-refractivity contribution >= 4 is 6.29 Å². The smallest absolute Gasteiger partial charge is 0.137 e. The van der Waals surface area contributed by atoms with Crippen LogP contribution in [-0.4, -0.2) is 31.3 Å². The maximum atomic E-state index is 10.3. The molecule has 0 saturated heterocycles. The molecule has 0 aromatic carbocycles. The highest BCUT2D eigenvalue weighted by atomic mass is 16.1. The summed E-state index contributed by atoms with van der Waals surface area (Å²) in [5.41, 5.74) is 0. The molecule has 0 aliphatic heterocycles. The number of rotatable bonds is 4. The first kappa shape index (κ1) is 8.63. The van der Waals surface area contributed by atoms with Crippen molar-refractivity contribution in [1.29, 1.82) is 0 Å². The molecule has 53 valence electrons. The number of hydrogen-bond donors (Lipinski definition) is 0. The van der Waals surface area contributed by atoms with Gasteiger partial charge in [-0.3, -0.25) is 0 Å². The van der Waals surface area contributed by atoms with Gasteiger partial charge in [0, 0.05) is 0 Å². The maximum Gasteiger partial charge on any atom is 0.137 e. The number of carbonyl (C=O) groups excluding carboxylic acids is 1. The Morgan fingerprint density at radius 2 is 2.22 bits per heavy atom. The van der Waals surface area contributed by atoms with E-state index < -0.39 is 0 Å². The van der Waals surface area contributed by atoms with Gasteiger partial charge in [0.25, 0.3) is 0 Å². The van der Waals surface area contributed by atoms with Gasteiger partial charge in [0.1, 0.15) is 6.29 Å². The highest BCUT2D eigenvalue weighted by Gasteiger charge is 2.06. The molecule has 1 atom stereocenters. The normalized spacial score (nSPS) is 13.8. The van der Waals surface area contributed by atoms with Crippen molar-refractivity contribution in [2.75, 3.05) is 14.1 Å². The molecule has 0 aromatic rings. The van der Waals surface area contributed by atoms with E-state index in [1.807, 2.05) is 19.0 Å². The fourth-order valence-electron chi connectivity index (χ4n) is 0.657. The summed E-state index contributed by atoms with van der Waals surface area (Å²) in [5, 5.41) is 0. The summed E-state index contributed by atoms with van der Waals surface area (Å²) in [4.78, 5) is 12.2. The van der Waals surface area contributed by atoms with Gasteiger partial charge in [-0.15, -0.1) is 0 Å². The summed E-state index contributed by atoms with van der Waals surface area (Å²) < 4.78 is 0. The number of likely N-dealkylation sites (N-methyl/N-ethyl adjacent to an activating group) is 1. The van der Waals surface area contributed by atoms with Crippen molar-refractivity contribution in [3.05, 3.63) is 6.92 Å². The van der Waals surface area contributed by atoms with Crippen molar-refractivity contribution < 1.29 is 4.79 Å². The van der Waals surface area contributed by atoms with Gasteiger partial charge in [-0.1, -0.05) is 13.3 Å². The first-order valence-corrected chi connectivity index (χ1v) is 3.13. The largest absolute Gasteiger partial charge is 0.302 e. The zero-order valence-corrected chi connectivity index (χ0v) is 6.13. The quantitative estimate of drug-likeness (QED) is 0.520. The number of aldehydes is 1. The standard InChI is InChI=1S/C7H14NO/c1-4-5-7(6-9)8(2)3/h6-7H,1,4-5H2,2-3H3. The molecule has 0 spiro atoms. The fraction of sp³-hybridized carbons (Fsp3) is 0.714. The lowest BCUT2D eigenvalue weighted by Crippen LogP contribution is -2.28. The van der Waals surface area contributed by atoms with Crippen LogP contribution in [-0.2, 0) is 4.79 Å². The zero-order chi connectivity index (χ0) is 7.28. The van der Waals surface area contributed by atoms with Gasteiger partial charge in [-0.2, -0.15) is 0 Å². The SMILES string of the molecule is [CH2]CCC(C=O)N(C)C. The molecular weight excluding hydrogens is 114 g/mol. The van der Waals surface area contributed by atoms with Crippen LogP contribution in [0.2, 0.25) is 0 Å². The predicted molar refractivity (Wildman–Crippen MR) is 38.1 cm³/mol. The third-order valence-corrected chi connectivity index (χ3v) is 1.32. The van der Waals surface area contributed by atoms with Gasteiger partial charge >= 0.3 is 0 Å². The van der Waals surface area contributed by atoms with Crippen LogP contribution in [0.1, 0.15) is 12.8 Å². The Bertz CT molecular complexity index is 81.0. The second-order valence-electron chi connectivity index (χ2n) is 2.31. The molecule has 1 radical (unpaired) electrons. The van der Waals surface area contributed by atoms with E-state index in [1.165, 1.54) is 0 Å². The molecule has 9 heavy (non-hydrogen) atoms. The zero-order valence-electron chi connectivity index (χ0n) is 6.13. The summed E-state index contributed by atoms with van der Waals surface area (Å²) in [5.74, 6) is 0. The Balaban J connectivity index is 3.54. The van der Waals surface area contributed by atoms with Crippen LogP contribution in [0.25, 0.3) is 0 Å². The maximum absolute atomic E-state index is 10.3. The van der Waals surface area contributed by atoms with Crippen molar-refractivity contribution in [1.82, 2.24) is 4.90 Å². The lowest BCUT2D eigenvalue weighted by molar-refractivity contribution is -0.111. The van der Waals surface area contributed by atoms with Gasteiger partial charge in [0.2, 0.25) is 0 Å². The van der Waals surface area contributed by atoms with Crippen LogP contribution >= 0.6 is 0 Å². The van der Waals surface area contributed by atoms with Crippen molar-refractivity contribution in [3.8, 4) is 0 Å². The van der Waals surface area contributed by atoms with Crippen LogP contribution in [0, 0.1) is 6.92 Å². The predicted octanol–water partition coefficient (Wildman–Crippen LogP) is 0.730. The van der Waals surface area contributed by atoms with Crippen LogP contribution in [0.5, 0.6) is 0 Å². The summed E-state index contributed by atoms with van der Waals surface area (Å²) in [6, 6.07) is 0.0579. The van der Waals surface area contributed by atoms with Gasteiger partial charge < -0.3 is 9.69 Å². The Hall–Kier alpha value is -0.370. The molecule has 0 aromatic heterocycles. The third-order valence-electron chi connectivity index (χ3n) is 1.32. The molecule has 0 fully saturated rings. The van der Waals surface area contributed by atoms with Crippen molar-refractivity contribution in [2.24, 2.45) is 0 Å². The van der Waals surface area contributed by atoms with Gasteiger partial charge in [-0.25, -0.2) is 0 Å². The molecule has 2 nitrogen and oxygen atoms in total. The lowest BCUT2D eigenvalue weighted by Gasteiger charge is -2.16. The van der Waals surface area contributed by atoms with Crippen LogP contribution in [0.4, 0.5) is 0 Å².